The van der Waals surface area contributed by atoms with Gasteiger partial charge in [0.1, 0.15) is 0 Å². The summed E-state index contributed by atoms with van der Waals surface area (Å²) in [7, 11) is 6.13. The van der Waals surface area contributed by atoms with Crippen molar-refractivity contribution in [2.24, 2.45) is 0 Å². The van der Waals surface area contributed by atoms with Crippen molar-refractivity contribution in [1.82, 2.24) is 0 Å². The molecule has 0 fully saturated rings. The van der Waals surface area contributed by atoms with Crippen molar-refractivity contribution in [3.05, 3.63) is 57.1 Å². The maximum absolute atomic E-state index is 12.7. The molecule has 51 heavy (non-hydrogen) atoms. The minimum absolute atomic E-state index is 0.0392. The molecular formula is C42H63N3O5Se. The molecule has 0 saturated carbocycles. The number of benzene rings is 2. The van der Waals surface area contributed by atoms with Gasteiger partial charge in [-0.15, -0.1) is 0 Å². The third-order valence-electron chi connectivity index (χ3n) is 10.3. The number of nitro benzene ring substituents is 1. The predicted octanol–water partition coefficient (Wildman–Crippen LogP) is 10.4. The number of hydrogen-bond donors (Lipinski definition) is 0. The molecule has 0 radical (unpaired) electrons. The molecule has 4 rings (SSSR count). The Balaban J connectivity index is 1.13. The van der Waals surface area contributed by atoms with E-state index < -0.39 is 9.55 Å². The predicted molar refractivity (Wildman–Crippen MR) is 213 cm³/mol. The monoisotopic (exact) mass is 769 g/mol. The van der Waals surface area contributed by atoms with Crippen molar-refractivity contribution in [2.75, 3.05) is 30.9 Å². The average Bonchev–Trinajstić information content (AvgIpc) is 3.36. The van der Waals surface area contributed by atoms with Crippen molar-refractivity contribution in [3.8, 4) is 5.75 Å². The van der Waals surface area contributed by atoms with Crippen LogP contribution >= 0.6 is 0 Å². The van der Waals surface area contributed by atoms with E-state index in [4.69, 9.17) is 9.47 Å². The van der Waals surface area contributed by atoms with Crippen molar-refractivity contribution in [2.45, 2.75) is 153 Å². The molecule has 2 aliphatic rings. The van der Waals surface area contributed by atoms with Crippen molar-refractivity contribution in [1.29, 1.82) is 0 Å². The number of fused-ring (bicyclic) bond motifs is 2. The number of nitrogens with zero attached hydrogens (tertiary/aromatic N) is 3. The molecule has 2 aliphatic heterocycles. The van der Waals surface area contributed by atoms with E-state index in [1.54, 1.807) is 0 Å². The first-order valence-corrected chi connectivity index (χ1v) is 21.5. The van der Waals surface area contributed by atoms with Crippen LogP contribution in [0.4, 0.5) is 17.1 Å². The van der Waals surface area contributed by atoms with Crippen LogP contribution < -0.4 is 19.0 Å². The molecule has 282 valence electrons. The topological polar surface area (TPSA) is 85.1 Å². The van der Waals surface area contributed by atoms with Gasteiger partial charge in [0.05, 0.1) is 0 Å². The Hall–Kier alpha value is -3.03. The van der Waals surface area contributed by atoms with Gasteiger partial charge in [0.15, 0.2) is 0 Å². The van der Waals surface area contributed by atoms with Gasteiger partial charge in [0.25, 0.3) is 0 Å². The third kappa shape index (κ3) is 12.0. The van der Waals surface area contributed by atoms with E-state index in [2.05, 4.69) is 35.8 Å². The Labute approximate surface area is 314 Å². The normalized spacial score (nSPS) is 15.9. The van der Waals surface area contributed by atoms with Gasteiger partial charge in [-0.05, 0) is 0 Å². The molecular weight excluding hydrogens is 705 g/mol. The molecule has 2 aromatic carbocycles. The van der Waals surface area contributed by atoms with Gasteiger partial charge in [0, 0.05) is 0 Å². The number of hydrogen-bond acceptors (Lipinski definition) is 7. The van der Waals surface area contributed by atoms with Crippen LogP contribution in [-0.4, -0.2) is 51.6 Å². The van der Waals surface area contributed by atoms with Gasteiger partial charge < -0.3 is 0 Å². The van der Waals surface area contributed by atoms with E-state index in [0.717, 1.165) is 24.9 Å². The summed E-state index contributed by atoms with van der Waals surface area (Å²) in [5.41, 5.74) is 4.60. The number of non-ortho nitro benzene ring substituents is 1. The summed E-state index contributed by atoms with van der Waals surface area (Å²) >= 11 is -0.0914. The molecule has 2 aromatic rings. The number of likely N-dealkylation sites (N-methyl/N-ethyl adjacent to an activating group) is 1. The van der Waals surface area contributed by atoms with E-state index in [0.29, 0.717) is 23.3 Å². The Morgan fingerprint density at radius 3 is 1.94 bits per heavy atom. The van der Waals surface area contributed by atoms with Crippen molar-refractivity contribution in [3.63, 3.8) is 0 Å². The number of unbranched alkanes of at least 4 members (excludes halogenated alkanes) is 18. The second kappa shape index (κ2) is 20.9. The van der Waals surface area contributed by atoms with Crippen LogP contribution in [0.1, 0.15) is 152 Å². The fraction of sp³-hybridized carbons (Fsp3) is 0.643. The number of carbonyl (C=O) groups excluding carboxylic acids is 1. The number of aryl methyl sites for hydroxylation is 1. The average molecular weight is 769 g/mol. The summed E-state index contributed by atoms with van der Waals surface area (Å²) in [6.45, 7) is 4.34. The molecule has 1 atom stereocenters. The van der Waals surface area contributed by atoms with Gasteiger partial charge in [0.2, 0.25) is 0 Å². The standard InChI is InChI=1S/C42H63N3O5Se/c1-6-7-8-9-10-11-12-13-14-15-16-17-18-19-20-21-22-23-24-25-40(46)49-32-35-30-36(45(47)48)29-34-26-27-42(50-41(34)35)44(5)38-28-33(2)37(43(3)4)31-39(38)51-42/h26-31H,6-25,32H2,1-5H3. The van der Waals surface area contributed by atoms with Crippen LogP contribution in [-0.2, 0) is 16.1 Å². The van der Waals surface area contributed by atoms with Crippen LogP contribution in [0.25, 0.3) is 6.08 Å². The fourth-order valence-corrected chi connectivity index (χ4v) is 9.92. The van der Waals surface area contributed by atoms with Crippen LogP contribution in [0.5, 0.6) is 5.75 Å². The van der Waals surface area contributed by atoms with Gasteiger partial charge >= 0.3 is 212 Å². The molecule has 8 nitrogen and oxygen atoms in total. The van der Waals surface area contributed by atoms with E-state index in [1.807, 2.05) is 33.3 Å². The summed E-state index contributed by atoms with van der Waals surface area (Å²) in [6.07, 6.45) is 29.2. The van der Waals surface area contributed by atoms with Crippen LogP contribution in [0, 0.1) is 17.0 Å². The number of nitro groups is 1. The number of anilines is 2. The van der Waals surface area contributed by atoms with Crippen molar-refractivity contribution < 1.29 is 19.2 Å². The van der Waals surface area contributed by atoms with Crippen LogP contribution in [0.2, 0.25) is 0 Å². The quantitative estimate of drug-likeness (QED) is 0.0346. The first-order valence-electron chi connectivity index (χ1n) is 19.7. The van der Waals surface area contributed by atoms with Gasteiger partial charge in [-0.25, -0.2) is 0 Å². The SMILES string of the molecule is CCCCCCCCCCCCCCCCCCCCCC(=O)OCc1cc([N+](=O)[O-])cc2c1OC1(C=C2)[Se]c2cc(N(C)C)c(C)cc2N1C. The zero-order valence-corrected chi connectivity index (χ0v) is 33.8. The Kier molecular flexibility index (Phi) is 16.7. The molecule has 0 aliphatic carbocycles. The van der Waals surface area contributed by atoms with Gasteiger partial charge in [-0.2, -0.15) is 0 Å². The summed E-state index contributed by atoms with van der Waals surface area (Å²) < 4.78 is 13.0. The molecule has 0 bridgehead atoms. The molecule has 0 N–H and O–H groups in total. The van der Waals surface area contributed by atoms with E-state index in [9.17, 15) is 14.9 Å². The second-order valence-corrected chi connectivity index (χ2v) is 17.4. The summed E-state index contributed by atoms with van der Waals surface area (Å²) in [6, 6.07) is 7.46. The first kappa shape index (κ1) is 40.7. The molecule has 9 heteroatoms. The first-order chi connectivity index (χ1) is 24.6. The summed E-state index contributed by atoms with van der Waals surface area (Å²) in [5, 5.41) is 11.8. The van der Waals surface area contributed by atoms with Crippen LogP contribution in [0.15, 0.2) is 30.3 Å². The third-order valence-corrected chi connectivity index (χ3v) is 13.1. The van der Waals surface area contributed by atoms with Gasteiger partial charge in [-0.1, -0.05) is 103 Å². The molecule has 0 amide bonds. The number of ether oxygens (including phenoxy) is 2. The fourth-order valence-electron chi connectivity index (χ4n) is 7.23. The zero-order chi connectivity index (χ0) is 36.6. The Bertz CT molecular complexity index is 1460. The zero-order valence-electron chi connectivity index (χ0n) is 32.1. The molecule has 0 saturated heterocycles. The second-order valence-electron chi connectivity index (χ2n) is 14.8. The van der Waals surface area contributed by atoms with E-state index in [1.165, 1.54) is 131 Å². The number of carbonyl (C=O) groups is 1. The number of rotatable bonds is 24. The Morgan fingerprint density at radius 1 is 0.863 bits per heavy atom. The van der Waals surface area contributed by atoms with Crippen molar-refractivity contribution >= 4 is 48.5 Å². The van der Waals surface area contributed by atoms with Crippen LogP contribution in [0.3, 0.4) is 0 Å². The number of esters is 1. The molecule has 1 spiro atoms. The van der Waals surface area contributed by atoms with E-state index in [-0.39, 0.29) is 33.2 Å². The summed E-state index contributed by atoms with van der Waals surface area (Å²) in [5.74, 6) is 0.273. The minimum atomic E-state index is -0.707. The molecule has 0 aromatic heterocycles. The summed E-state index contributed by atoms with van der Waals surface area (Å²) in [4.78, 5) is 28.4. The molecule has 2 heterocycles. The van der Waals surface area contributed by atoms with Gasteiger partial charge in [-0.3, -0.25) is 0 Å². The molecule has 1 unspecified atom stereocenters. The van der Waals surface area contributed by atoms with E-state index >= 15 is 0 Å². The Morgan fingerprint density at radius 2 is 1.41 bits per heavy atom. The maximum atomic E-state index is 12.7.